The first-order valence-corrected chi connectivity index (χ1v) is 26.0. The van der Waals surface area contributed by atoms with Gasteiger partial charge in [-0.2, -0.15) is 4.57 Å². The number of allylic oxidation sites excluding steroid dienone is 4. The molecule has 1 atom stereocenters. The molecule has 0 spiro atoms. The summed E-state index contributed by atoms with van der Waals surface area (Å²) in [6, 6.07) is 59.9. The van der Waals surface area contributed by atoms with Gasteiger partial charge in [-0.05, 0) is 128 Å². The molecule has 5 nitrogen and oxygen atoms in total. The van der Waals surface area contributed by atoms with E-state index in [-0.39, 0.29) is 17.1 Å². The summed E-state index contributed by atoms with van der Waals surface area (Å²) in [5.41, 5.74) is 19.3. The first-order valence-electron chi connectivity index (χ1n) is 25.2. The highest BCUT2D eigenvalue weighted by Crippen LogP contribution is 2.56. The van der Waals surface area contributed by atoms with Crippen molar-refractivity contribution in [2.45, 2.75) is 70.4 Å². The average molecular weight is 936 g/mol. The standard InChI is InChI=1S/C65H51N4OS/c1-5-65(6-2)69-32-16-15-23-56(69)53-35-42(26-30-57(53)70-65)43-27-31-58-51(34-43)46-28-24-44(36-59(46)71-58)41-25-29-47-48(33-41)49-37-50-45-21-13-14-22-54(45)64(3,4)55(50)38-52(49)60(47)63-67-61(39-17-9-7-10-18-39)66-62(68-63)40-19-11-8-12-20-40/h7-12,14-20,22-38,60H,5-6,13,21H2,1-4H3/q+1. The van der Waals surface area contributed by atoms with Crippen LogP contribution >= 0.6 is 11.3 Å². The number of hydrogen-bond donors (Lipinski definition) is 0. The number of thiophene rings is 1. The Bertz CT molecular complexity index is 3860. The van der Waals surface area contributed by atoms with Crippen molar-refractivity contribution in [3.05, 3.63) is 216 Å². The van der Waals surface area contributed by atoms with Crippen molar-refractivity contribution in [1.82, 2.24) is 15.0 Å². The van der Waals surface area contributed by atoms with Gasteiger partial charge in [-0.15, -0.1) is 11.3 Å². The topological polar surface area (TPSA) is 51.8 Å². The predicted octanol–water partition coefficient (Wildman–Crippen LogP) is 16.3. The van der Waals surface area contributed by atoms with Crippen LogP contribution in [0.4, 0.5) is 0 Å². The van der Waals surface area contributed by atoms with Gasteiger partial charge in [0.15, 0.2) is 17.8 Å². The van der Waals surface area contributed by atoms with Crippen LogP contribution in [0.3, 0.4) is 0 Å². The minimum Gasteiger partial charge on any atom is -0.430 e. The van der Waals surface area contributed by atoms with Crippen LogP contribution in [0.2, 0.25) is 0 Å². The van der Waals surface area contributed by atoms with Gasteiger partial charge in [-0.25, -0.2) is 15.0 Å². The van der Waals surface area contributed by atoms with Crippen molar-refractivity contribution in [2.24, 2.45) is 0 Å². The predicted molar refractivity (Wildman–Crippen MR) is 290 cm³/mol. The summed E-state index contributed by atoms with van der Waals surface area (Å²) in [4.78, 5) is 15.8. The molecule has 4 heterocycles. The molecule has 10 aromatic rings. The number of fused-ring (bicyclic) bond motifs is 11. The minimum absolute atomic E-state index is 0.109. The van der Waals surface area contributed by atoms with Crippen molar-refractivity contribution >= 4 is 37.1 Å². The Morgan fingerprint density at radius 3 is 2.00 bits per heavy atom. The third kappa shape index (κ3) is 6.43. The molecule has 6 heteroatoms. The van der Waals surface area contributed by atoms with Crippen LogP contribution in [-0.2, 0) is 11.1 Å². The number of nitrogens with zero attached hydrogens (tertiary/aromatic N) is 4. The van der Waals surface area contributed by atoms with Crippen LogP contribution < -0.4 is 9.30 Å². The highest BCUT2D eigenvalue weighted by Gasteiger charge is 2.46. The summed E-state index contributed by atoms with van der Waals surface area (Å²) in [5, 5.41) is 2.56. The maximum Gasteiger partial charge on any atom is 0.311 e. The van der Waals surface area contributed by atoms with E-state index < -0.39 is 0 Å². The summed E-state index contributed by atoms with van der Waals surface area (Å²) in [7, 11) is 0. The zero-order valence-corrected chi connectivity index (χ0v) is 41.1. The molecule has 3 aliphatic carbocycles. The molecule has 342 valence electrons. The van der Waals surface area contributed by atoms with E-state index in [1.54, 1.807) is 0 Å². The molecule has 4 aliphatic rings. The fourth-order valence-electron chi connectivity index (χ4n) is 12.3. The van der Waals surface area contributed by atoms with E-state index in [1.165, 1.54) is 92.6 Å². The normalized spacial score (nSPS) is 16.5. The van der Waals surface area contributed by atoms with E-state index >= 15 is 0 Å². The SMILES string of the molecule is CCC1(CC)Oc2ccc(-c3ccc4sc5cc(-c6ccc7c(c6)-c6cc8c(cc6C7c6nc(-c7ccccc7)nc(-c7ccccc7)n6)C(C)(C)C6=C8CCC=C6)ccc5c4c3)cc2-c2cccc[n+]21. The van der Waals surface area contributed by atoms with E-state index in [0.29, 0.717) is 11.6 Å². The molecule has 0 bridgehead atoms. The number of aromatic nitrogens is 4. The summed E-state index contributed by atoms with van der Waals surface area (Å²) in [6.45, 7) is 9.21. The van der Waals surface area contributed by atoms with Gasteiger partial charge >= 0.3 is 5.72 Å². The summed E-state index contributed by atoms with van der Waals surface area (Å²) < 4.78 is 11.7. The molecule has 0 saturated carbocycles. The van der Waals surface area contributed by atoms with Crippen LogP contribution in [0.25, 0.3) is 93.2 Å². The number of benzene rings is 7. The van der Waals surface area contributed by atoms with Gasteiger partial charge in [0.25, 0.3) is 0 Å². The van der Waals surface area contributed by atoms with Crippen molar-refractivity contribution in [3.63, 3.8) is 0 Å². The van der Waals surface area contributed by atoms with Gasteiger partial charge < -0.3 is 4.74 Å². The fraction of sp³-hybridized carbons (Fsp3) is 0.169. The van der Waals surface area contributed by atoms with Crippen LogP contribution in [0.15, 0.2) is 188 Å². The molecule has 1 unspecified atom stereocenters. The molecular weight excluding hydrogens is 885 g/mol. The third-order valence-electron chi connectivity index (χ3n) is 16.1. The largest absolute Gasteiger partial charge is 0.430 e. The lowest BCUT2D eigenvalue weighted by atomic mass is 9.79. The molecule has 14 rings (SSSR count). The lowest BCUT2D eigenvalue weighted by molar-refractivity contribution is -0.795. The highest BCUT2D eigenvalue weighted by atomic mass is 32.1. The third-order valence-corrected chi connectivity index (χ3v) is 17.2. The van der Waals surface area contributed by atoms with Crippen molar-refractivity contribution in [1.29, 1.82) is 0 Å². The lowest BCUT2D eigenvalue weighted by Crippen LogP contribution is -2.62. The van der Waals surface area contributed by atoms with Crippen molar-refractivity contribution in [2.75, 3.05) is 0 Å². The number of rotatable bonds is 7. The quantitative estimate of drug-likeness (QED) is 0.149. The molecule has 7 aromatic carbocycles. The lowest BCUT2D eigenvalue weighted by Gasteiger charge is -2.33. The average Bonchev–Trinajstić information content (AvgIpc) is 4.03. The molecule has 0 amide bonds. The zero-order chi connectivity index (χ0) is 47.6. The van der Waals surface area contributed by atoms with E-state index in [2.05, 4.69) is 202 Å². The van der Waals surface area contributed by atoms with Crippen molar-refractivity contribution < 1.29 is 9.30 Å². The molecule has 71 heavy (non-hydrogen) atoms. The van der Waals surface area contributed by atoms with Gasteiger partial charge in [-0.1, -0.05) is 143 Å². The summed E-state index contributed by atoms with van der Waals surface area (Å²) >= 11 is 1.87. The fourth-order valence-corrected chi connectivity index (χ4v) is 13.4. The molecule has 3 aromatic heterocycles. The molecule has 0 N–H and O–H groups in total. The summed E-state index contributed by atoms with van der Waals surface area (Å²) in [6.07, 6.45) is 10.8. The monoisotopic (exact) mass is 935 g/mol. The van der Waals surface area contributed by atoms with E-state index in [0.717, 1.165) is 53.9 Å². The first-order chi connectivity index (χ1) is 34.8. The molecular formula is C65H51N4OS+. The van der Waals surface area contributed by atoms with Gasteiger partial charge in [0, 0.05) is 61.7 Å². The van der Waals surface area contributed by atoms with E-state index in [1.807, 2.05) is 23.5 Å². The number of ether oxygens (including phenoxy) is 1. The van der Waals surface area contributed by atoms with Crippen LogP contribution in [0, 0.1) is 0 Å². The number of pyridine rings is 1. The Hall–Kier alpha value is -7.80. The highest BCUT2D eigenvalue weighted by molar-refractivity contribution is 7.25. The van der Waals surface area contributed by atoms with Crippen LogP contribution in [-0.4, -0.2) is 15.0 Å². The Kier molecular flexibility index (Phi) is 9.41. The van der Waals surface area contributed by atoms with E-state index in [4.69, 9.17) is 19.7 Å². The maximum atomic E-state index is 6.80. The van der Waals surface area contributed by atoms with Gasteiger partial charge in [0.05, 0.1) is 11.5 Å². The Morgan fingerprint density at radius 1 is 0.577 bits per heavy atom. The minimum atomic E-state index is -0.382. The molecule has 0 fully saturated rings. The second kappa shape index (κ2) is 15.9. The Morgan fingerprint density at radius 2 is 1.24 bits per heavy atom. The summed E-state index contributed by atoms with van der Waals surface area (Å²) in [5.74, 6) is 2.92. The smallest absolute Gasteiger partial charge is 0.311 e. The van der Waals surface area contributed by atoms with Gasteiger partial charge in [0.1, 0.15) is 11.6 Å². The molecule has 0 radical (unpaired) electrons. The molecule has 0 saturated heterocycles. The van der Waals surface area contributed by atoms with Crippen LogP contribution in [0.5, 0.6) is 5.75 Å². The van der Waals surface area contributed by atoms with Crippen LogP contribution in [0.1, 0.15) is 87.4 Å². The first kappa shape index (κ1) is 42.1. The van der Waals surface area contributed by atoms with Gasteiger partial charge in [-0.3, -0.25) is 0 Å². The second-order valence-electron chi connectivity index (χ2n) is 20.2. The maximum absolute atomic E-state index is 6.80. The Balaban J connectivity index is 0.881. The molecule has 1 aliphatic heterocycles. The Labute approximate surface area is 418 Å². The van der Waals surface area contributed by atoms with Crippen molar-refractivity contribution in [3.8, 4) is 73.2 Å². The van der Waals surface area contributed by atoms with Gasteiger partial charge in [0.2, 0.25) is 5.69 Å². The zero-order valence-electron chi connectivity index (χ0n) is 40.3. The second-order valence-corrected chi connectivity index (χ2v) is 21.3. The number of hydrogen-bond acceptors (Lipinski definition) is 5. The van der Waals surface area contributed by atoms with E-state index in [9.17, 15) is 0 Å².